The normalized spacial score (nSPS) is 10.3. The van der Waals surface area contributed by atoms with Crippen molar-refractivity contribution in [2.24, 2.45) is 5.73 Å². The highest BCUT2D eigenvalue weighted by Crippen LogP contribution is 1.98. The maximum Gasteiger partial charge on any atom is 0.315 e. The number of hydrogen-bond acceptors (Lipinski definition) is 2. The standard InChI is InChI=1S/C6H12F2N2O/c1-10(4-2-3-9)6(11)5(7)8/h5H,2-4,9H2,1H3. The first kappa shape index (κ1) is 10.3. The molecule has 0 atom stereocenters. The van der Waals surface area contributed by atoms with E-state index in [9.17, 15) is 13.6 Å². The zero-order valence-corrected chi connectivity index (χ0v) is 6.39. The van der Waals surface area contributed by atoms with Gasteiger partial charge in [-0.1, -0.05) is 0 Å². The van der Waals surface area contributed by atoms with E-state index in [4.69, 9.17) is 5.73 Å². The first-order chi connectivity index (χ1) is 5.09. The van der Waals surface area contributed by atoms with E-state index in [2.05, 4.69) is 0 Å². The van der Waals surface area contributed by atoms with Gasteiger partial charge in [0, 0.05) is 13.6 Å². The van der Waals surface area contributed by atoms with Crippen LogP contribution in [0.25, 0.3) is 0 Å². The summed E-state index contributed by atoms with van der Waals surface area (Å²) in [4.78, 5) is 11.5. The Labute approximate surface area is 64.2 Å². The quantitative estimate of drug-likeness (QED) is 0.641. The van der Waals surface area contributed by atoms with Gasteiger partial charge in [-0.25, -0.2) is 0 Å². The van der Waals surface area contributed by atoms with Crippen molar-refractivity contribution in [2.75, 3.05) is 20.1 Å². The van der Waals surface area contributed by atoms with E-state index in [-0.39, 0.29) is 0 Å². The molecule has 0 aromatic heterocycles. The molecule has 0 bridgehead atoms. The van der Waals surface area contributed by atoms with Crippen LogP contribution in [0.4, 0.5) is 8.78 Å². The lowest BCUT2D eigenvalue weighted by molar-refractivity contribution is -0.141. The van der Waals surface area contributed by atoms with Gasteiger partial charge in [0.1, 0.15) is 0 Å². The lowest BCUT2D eigenvalue weighted by atomic mass is 10.4. The van der Waals surface area contributed by atoms with Crippen molar-refractivity contribution in [3.8, 4) is 0 Å². The molecule has 0 heterocycles. The van der Waals surface area contributed by atoms with Crippen molar-refractivity contribution in [2.45, 2.75) is 12.8 Å². The molecule has 0 spiro atoms. The van der Waals surface area contributed by atoms with Gasteiger partial charge in [0.25, 0.3) is 5.91 Å². The molecule has 0 saturated heterocycles. The fourth-order valence-electron chi connectivity index (χ4n) is 0.605. The highest BCUT2D eigenvalue weighted by atomic mass is 19.3. The maximum atomic E-state index is 11.7. The summed E-state index contributed by atoms with van der Waals surface area (Å²) in [5, 5.41) is 0. The number of nitrogens with two attached hydrogens (primary N) is 1. The van der Waals surface area contributed by atoms with Crippen LogP contribution in [0.3, 0.4) is 0 Å². The first-order valence-corrected chi connectivity index (χ1v) is 3.32. The molecule has 0 fully saturated rings. The number of halogens is 2. The molecule has 3 nitrogen and oxygen atoms in total. The summed E-state index contributed by atoms with van der Waals surface area (Å²) in [6.45, 7) is 0.695. The minimum atomic E-state index is -2.90. The Morgan fingerprint density at radius 3 is 2.55 bits per heavy atom. The molecule has 0 unspecified atom stereocenters. The summed E-state index contributed by atoms with van der Waals surface area (Å²) in [6, 6.07) is 0. The average molecular weight is 166 g/mol. The van der Waals surface area contributed by atoms with Crippen molar-refractivity contribution in [1.82, 2.24) is 4.90 Å². The zero-order chi connectivity index (χ0) is 8.85. The third-order valence-electron chi connectivity index (χ3n) is 1.26. The number of carbonyl (C=O) groups excluding carboxylic acids is 1. The van der Waals surface area contributed by atoms with Crippen LogP contribution >= 0.6 is 0 Å². The monoisotopic (exact) mass is 166 g/mol. The number of carbonyl (C=O) groups is 1. The topological polar surface area (TPSA) is 46.3 Å². The van der Waals surface area contributed by atoms with E-state index in [1.807, 2.05) is 0 Å². The van der Waals surface area contributed by atoms with Gasteiger partial charge in [-0.15, -0.1) is 0 Å². The van der Waals surface area contributed by atoms with Crippen LogP contribution in [0, 0.1) is 0 Å². The molecular weight excluding hydrogens is 154 g/mol. The second kappa shape index (κ2) is 5.01. The Morgan fingerprint density at radius 2 is 2.18 bits per heavy atom. The Balaban J connectivity index is 3.64. The Hall–Kier alpha value is -0.710. The van der Waals surface area contributed by atoms with Gasteiger partial charge in [-0.2, -0.15) is 8.78 Å². The first-order valence-electron chi connectivity index (χ1n) is 3.32. The van der Waals surface area contributed by atoms with Crippen molar-refractivity contribution < 1.29 is 13.6 Å². The number of rotatable bonds is 4. The number of nitrogens with zero attached hydrogens (tertiary/aromatic N) is 1. The Morgan fingerprint density at radius 1 is 1.64 bits per heavy atom. The third-order valence-corrected chi connectivity index (χ3v) is 1.26. The molecule has 0 radical (unpaired) electrons. The molecule has 5 heteroatoms. The predicted octanol–water partition coefficient (Wildman–Crippen LogP) is 0.0587. The number of hydrogen-bond donors (Lipinski definition) is 1. The molecule has 0 aliphatic carbocycles. The fraction of sp³-hybridized carbons (Fsp3) is 0.833. The predicted molar refractivity (Wildman–Crippen MR) is 37.3 cm³/mol. The highest BCUT2D eigenvalue weighted by Gasteiger charge is 2.18. The molecule has 0 aromatic carbocycles. The average Bonchev–Trinajstić information content (AvgIpc) is 1.98. The van der Waals surface area contributed by atoms with Crippen LogP contribution in [-0.2, 0) is 4.79 Å². The van der Waals surface area contributed by atoms with E-state index in [1.54, 1.807) is 0 Å². The maximum absolute atomic E-state index is 11.7. The van der Waals surface area contributed by atoms with E-state index in [0.29, 0.717) is 19.5 Å². The molecule has 0 aliphatic heterocycles. The molecule has 0 aliphatic rings. The summed E-state index contributed by atoms with van der Waals surface area (Å²) in [5.74, 6) is -1.14. The van der Waals surface area contributed by atoms with Gasteiger partial charge in [0.05, 0.1) is 0 Å². The van der Waals surface area contributed by atoms with Gasteiger partial charge >= 0.3 is 6.43 Å². The molecule has 11 heavy (non-hydrogen) atoms. The van der Waals surface area contributed by atoms with Crippen molar-refractivity contribution >= 4 is 5.91 Å². The minimum absolute atomic E-state index is 0.291. The number of amides is 1. The van der Waals surface area contributed by atoms with Crippen molar-refractivity contribution in [1.29, 1.82) is 0 Å². The fourth-order valence-corrected chi connectivity index (χ4v) is 0.605. The van der Waals surface area contributed by atoms with E-state index in [0.717, 1.165) is 4.90 Å². The smallest absolute Gasteiger partial charge is 0.315 e. The van der Waals surface area contributed by atoms with Crippen LogP contribution in [0.5, 0.6) is 0 Å². The third kappa shape index (κ3) is 3.87. The zero-order valence-electron chi connectivity index (χ0n) is 6.39. The summed E-state index contributed by atoms with van der Waals surface area (Å²) >= 11 is 0. The van der Waals surface area contributed by atoms with Gasteiger partial charge < -0.3 is 10.6 Å². The van der Waals surface area contributed by atoms with E-state index >= 15 is 0 Å². The second-order valence-corrected chi connectivity index (χ2v) is 2.20. The summed E-state index contributed by atoms with van der Waals surface area (Å²) in [7, 11) is 1.34. The van der Waals surface area contributed by atoms with Crippen molar-refractivity contribution in [3.05, 3.63) is 0 Å². The Kier molecular flexibility index (Phi) is 4.69. The second-order valence-electron chi connectivity index (χ2n) is 2.20. The van der Waals surface area contributed by atoms with Crippen LogP contribution < -0.4 is 5.73 Å². The lowest BCUT2D eigenvalue weighted by Crippen LogP contribution is -2.33. The summed E-state index contributed by atoms with van der Waals surface area (Å²) in [5.41, 5.74) is 5.13. The molecule has 66 valence electrons. The van der Waals surface area contributed by atoms with Gasteiger partial charge in [-0.3, -0.25) is 4.79 Å². The summed E-state index contributed by atoms with van der Waals surface area (Å²) < 4.78 is 23.4. The van der Waals surface area contributed by atoms with Crippen molar-refractivity contribution in [3.63, 3.8) is 0 Å². The molecule has 2 N–H and O–H groups in total. The van der Waals surface area contributed by atoms with E-state index < -0.39 is 12.3 Å². The van der Waals surface area contributed by atoms with Crippen LogP contribution in [0.1, 0.15) is 6.42 Å². The van der Waals surface area contributed by atoms with Gasteiger partial charge in [0.15, 0.2) is 0 Å². The van der Waals surface area contributed by atoms with Crippen LogP contribution in [0.15, 0.2) is 0 Å². The van der Waals surface area contributed by atoms with Gasteiger partial charge in [0.2, 0.25) is 0 Å². The molecule has 0 saturated carbocycles. The summed E-state index contributed by atoms with van der Waals surface area (Å²) in [6.07, 6.45) is -2.35. The molecule has 0 rings (SSSR count). The molecule has 1 amide bonds. The van der Waals surface area contributed by atoms with Gasteiger partial charge in [-0.05, 0) is 13.0 Å². The number of alkyl halides is 2. The lowest BCUT2D eigenvalue weighted by Gasteiger charge is -2.15. The Bertz CT molecular complexity index is 130. The van der Waals surface area contributed by atoms with Crippen LogP contribution in [0.2, 0.25) is 0 Å². The van der Waals surface area contributed by atoms with E-state index in [1.165, 1.54) is 7.05 Å². The SMILES string of the molecule is CN(CCCN)C(=O)C(F)F. The molecular formula is C6H12F2N2O. The molecule has 0 aromatic rings. The minimum Gasteiger partial charge on any atom is -0.341 e. The highest BCUT2D eigenvalue weighted by molar-refractivity contribution is 5.78. The van der Waals surface area contributed by atoms with Crippen LogP contribution in [-0.4, -0.2) is 37.4 Å². The largest absolute Gasteiger partial charge is 0.341 e.